The summed E-state index contributed by atoms with van der Waals surface area (Å²) in [4.78, 5) is 20.5. The number of hydrogen-bond acceptors (Lipinski definition) is 6. The molecule has 0 unspecified atom stereocenters. The number of carbonyl (C=O) groups excluding carboxylic acids is 1. The zero-order valence-electron chi connectivity index (χ0n) is 15.9. The lowest BCUT2D eigenvalue weighted by Crippen LogP contribution is -2.38. The van der Waals surface area contributed by atoms with E-state index in [1.807, 2.05) is 18.2 Å². The first-order chi connectivity index (χ1) is 13.2. The summed E-state index contributed by atoms with van der Waals surface area (Å²) in [5.74, 6) is 1.02. The monoisotopic (exact) mass is 366 g/mol. The van der Waals surface area contributed by atoms with Crippen molar-refractivity contribution in [2.75, 3.05) is 24.7 Å². The van der Waals surface area contributed by atoms with Crippen LogP contribution in [0.4, 0.5) is 5.82 Å². The molecule has 2 aliphatic rings. The fraction of sp³-hybridized carbons (Fsp3) is 0.524. The Bertz CT molecular complexity index is 809. The molecular formula is C21H26N4O2. The Balaban J connectivity index is 1.71. The van der Waals surface area contributed by atoms with E-state index < -0.39 is 0 Å². The minimum absolute atomic E-state index is 0.0852. The highest BCUT2D eigenvalue weighted by molar-refractivity contribution is 5.99. The van der Waals surface area contributed by atoms with Gasteiger partial charge in [0.1, 0.15) is 5.82 Å². The summed E-state index contributed by atoms with van der Waals surface area (Å²) in [7, 11) is 0. The van der Waals surface area contributed by atoms with Crippen LogP contribution in [0.2, 0.25) is 0 Å². The maximum atomic E-state index is 13.2. The summed E-state index contributed by atoms with van der Waals surface area (Å²) in [5, 5.41) is 7.97. The Hall–Kier alpha value is -2.34. The van der Waals surface area contributed by atoms with Gasteiger partial charge in [-0.3, -0.25) is 4.79 Å². The second-order valence-electron chi connectivity index (χ2n) is 7.42. The van der Waals surface area contributed by atoms with Crippen LogP contribution >= 0.6 is 0 Å². The number of ether oxygens (including phenoxy) is 1. The number of pyridine rings is 1. The lowest BCUT2D eigenvalue weighted by atomic mass is 9.95. The van der Waals surface area contributed by atoms with Crippen molar-refractivity contribution in [1.82, 2.24) is 15.2 Å². The molecule has 27 heavy (non-hydrogen) atoms. The number of Topliss-reactive ketones (excluding diaryl/α,β-unsaturated/α-hetero) is 1. The zero-order chi connectivity index (χ0) is 18.6. The smallest absolute Gasteiger partial charge is 0.169 e. The number of carbonyl (C=O) groups is 1. The Kier molecular flexibility index (Phi) is 5.43. The van der Waals surface area contributed by atoms with Crippen LogP contribution in [0.3, 0.4) is 0 Å². The molecule has 4 rings (SSSR count). The van der Waals surface area contributed by atoms with E-state index in [0.29, 0.717) is 24.9 Å². The first kappa shape index (κ1) is 18.0. The number of rotatable bonds is 4. The molecule has 6 heteroatoms. The lowest BCUT2D eigenvalue weighted by molar-refractivity contribution is 0.0990. The Morgan fingerprint density at radius 1 is 1.30 bits per heavy atom. The highest BCUT2D eigenvalue weighted by atomic mass is 16.5. The first-order valence-corrected chi connectivity index (χ1v) is 9.89. The third-order valence-corrected chi connectivity index (χ3v) is 5.54. The molecule has 2 aromatic heterocycles. The van der Waals surface area contributed by atoms with Crippen LogP contribution < -0.4 is 4.90 Å². The van der Waals surface area contributed by atoms with E-state index in [0.717, 1.165) is 42.0 Å². The van der Waals surface area contributed by atoms with E-state index >= 15 is 0 Å². The van der Waals surface area contributed by atoms with E-state index in [1.54, 1.807) is 6.20 Å². The Labute approximate surface area is 160 Å². The van der Waals surface area contributed by atoms with Gasteiger partial charge in [-0.05, 0) is 56.4 Å². The molecule has 4 heterocycles. The van der Waals surface area contributed by atoms with Gasteiger partial charge in [-0.15, -0.1) is 0 Å². The van der Waals surface area contributed by atoms with Crippen molar-refractivity contribution in [2.45, 2.75) is 51.5 Å². The van der Waals surface area contributed by atoms with E-state index in [-0.39, 0.29) is 12.2 Å². The zero-order valence-corrected chi connectivity index (χ0v) is 15.9. The van der Waals surface area contributed by atoms with Gasteiger partial charge in [0, 0.05) is 36.5 Å². The summed E-state index contributed by atoms with van der Waals surface area (Å²) >= 11 is 0. The SMILES string of the molecule is C[C@H]1CCCCN1c1cc(C(=O)Cc2cccnn2)c2c(n1)CCOCC2. The van der Waals surface area contributed by atoms with Gasteiger partial charge in [0.05, 0.1) is 25.3 Å². The molecule has 1 atom stereocenters. The van der Waals surface area contributed by atoms with Crippen LogP contribution in [0, 0.1) is 0 Å². The number of nitrogens with zero attached hydrogens (tertiary/aromatic N) is 4. The number of anilines is 1. The number of aromatic nitrogens is 3. The minimum Gasteiger partial charge on any atom is -0.381 e. The van der Waals surface area contributed by atoms with Gasteiger partial charge in [0.25, 0.3) is 0 Å². The highest BCUT2D eigenvalue weighted by Gasteiger charge is 2.25. The maximum absolute atomic E-state index is 13.2. The molecule has 0 saturated carbocycles. The normalized spacial score (nSPS) is 20.0. The van der Waals surface area contributed by atoms with Crippen molar-refractivity contribution in [3.8, 4) is 0 Å². The van der Waals surface area contributed by atoms with E-state index in [4.69, 9.17) is 9.72 Å². The second-order valence-corrected chi connectivity index (χ2v) is 7.42. The Morgan fingerprint density at radius 3 is 3.00 bits per heavy atom. The Morgan fingerprint density at radius 2 is 2.19 bits per heavy atom. The molecule has 1 saturated heterocycles. The van der Waals surface area contributed by atoms with E-state index in [9.17, 15) is 4.79 Å². The maximum Gasteiger partial charge on any atom is 0.169 e. The summed E-state index contributed by atoms with van der Waals surface area (Å²) < 4.78 is 5.65. The van der Waals surface area contributed by atoms with Gasteiger partial charge >= 0.3 is 0 Å². The predicted octanol–water partition coefficient (Wildman–Crippen LogP) is 2.79. The molecular weight excluding hydrogens is 340 g/mol. The van der Waals surface area contributed by atoms with Crippen molar-refractivity contribution >= 4 is 11.6 Å². The molecule has 0 amide bonds. The molecule has 0 N–H and O–H groups in total. The van der Waals surface area contributed by atoms with Gasteiger partial charge in [-0.25, -0.2) is 4.98 Å². The van der Waals surface area contributed by atoms with Gasteiger partial charge in [0.2, 0.25) is 0 Å². The third kappa shape index (κ3) is 4.00. The quantitative estimate of drug-likeness (QED) is 0.775. The largest absolute Gasteiger partial charge is 0.381 e. The van der Waals surface area contributed by atoms with Crippen molar-refractivity contribution in [1.29, 1.82) is 0 Å². The van der Waals surface area contributed by atoms with Crippen molar-refractivity contribution in [3.63, 3.8) is 0 Å². The van der Waals surface area contributed by atoms with Gasteiger partial charge < -0.3 is 9.64 Å². The number of piperidine rings is 1. The lowest BCUT2D eigenvalue weighted by Gasteiger charge is -2.35. The third-order valence-electron chi connectivity index (χ3n) is 5.54. The minimum atomic E-state index is 0.0852. The molecule has 0 radical (unpaired) electrons. The molecule has 0 aromatic carbocycles. The van der Waals surface area contributed by atoms with Crippen molar-refractivity contribution in [3.05, 3.63) is 46.9 Å². The summed E-state index contributed by atoms with van der Waals surface area (Å²) in [6, 6.07) is 6.12. The van der Waals surface area contributed by atoms with Crippen LogP contribution in [-0.4, -0.2) is 46.8 Å². The molecule has 142 valence electrons. The average Bonchev–Trinajstić information content (AvgIpc) is 2.94. The van der Waals surface area contributed by atoms with Gasteiger partial charge in [-0.1, -0.05) is 0 Å². The van der Waals surface area contributed by atoms with Gasteiger partial charge in [0.15, 0.2) is 5.78 Å². The van der Waals surface area contributed by atoms with Crippen LogP contribution in [0.15, 0.2) is 24.4 Å². The number of hydrogen-bond donors (Lipinski definition) is 0. The summed E-state index contributed by atoms with van der Waals surface area (Å²) in [6.45, 7) is 4.55. The summed E-state index contributed by atoms with van der Waals surface area (Å²) in [6.07, 6.45) is 6.99. The standard InChI is InChI=1S/C21H26N4O2/c1-15-5-2-3-10-25(15)21-14-18(17-7-11-27-12-8-19(17)23-21)20(26)13-16-6-4-9-22-24-16/h4,6,9,14-15H,2-3,5,7-8,10-13H2,1H3/t15-/m0/s1. The fourth-order valence-electron chi connectivity index (χ4n) is 4.06. The van der Waals surface area contributed by atoms with Crippen molar-refractivity contribution < 1.29 is 9.53 Å². The predicted molar refractivity (Wildman–Crippen MR) is 103 cm³/mol. The fourth-order valence-corrected chi connectivity index (χ4v) is 4.06. The number of fused-ring (bicyclic) bond motifs is 1. The molecule has 2 aromatic rings. The molecule has 0 bridgehead atoms. The molecule has 2 aliphatic heterocycles. The molecule has 1 fully saturated rings. The van der Waals surface area contributed by atoms with Crippen LogP contribution in [0.25, 0.3) is 0 Å². The molecule has 0 spiro atoms. The second kappa shape index (κ2) is 8.13. The molecule has 6 nitrogen and oxygen atoms in total. The molecule has 0 aliphatic carbocycles. The first-order valence-electron chi connectivity index (χ1n) is 9.89. The summed E-state index contributed by atoms with van der Waals surface area (Å²) in [5.41, 5.74) is 3.55. The van der Waals surface area contributed by atoms with Crippen LogP contribution in [-0.2, 0) is 24.0 Å². The number of ketones is 1. The van der Waals surface area contributed by atoms with Gasteiger partial charge in [-0.2, -0.15) is 10.2 Å². The average molecular weight is 366 g/mol. The topological polar surface area (TPSA) is 68.2 Å². The van der Waals surface area contributed by atoms with Crippen LogP contribution in [0.5, 0.6) is 0 Å². The van der Waals surface area contributed by atoms with E-state index in [1.165, 1.54) is 19.3 Å². The van der Waals surface area contributed by atoms with E-state index in [2.05, 4.69) is 22.0 Å². The van der Waals surface area contributed by atoms with Crippen LogP contribution in [0.1, 0.15) is 53.5 Å². The van der Waals surface area contributed by atoms with Crippen molar-refractivity contribution in [2.24, 2.45) is 0 Å². The highest BCUT2D eigenvalue weighted by Crippen LogP contribution is 2.28.